The molecule has 2 heterocycles. The number of hydrogen-bond donors (Lipinski definition) is 2. The van der Waals surface area contributed by atoms with Crippen molar-refractivity contribution < 1.29 is 0 Å². The minimum absolute atomic E-state index is 0.187. The molecule has 0 unspecified atom stereocenters. The topological polar surface area (TPSA) is 52.6 Å². The van der Waals surface area contributed by atoms with Gasteiger partial charge < -0.3 is 15.5 Å². The summed E-state index contributed by atoms with van der Waals surface area (Å²) in [5.41, 5.74) is 1.17. The molecule has 2 N–H and O–H groups in total. The number of aliphatic imine (C=N–C) groups is 1. The predicted octanol–water partition coefficient (Wildman–Crippen LogP) is 3.12. The minimum Gasteiger partial charge on any atom is -0.357 e. The second-order valence-electron chi connectivity index (χ2n) is 7.44. The predicted molar refractivity (Wildman–Crippen MR) is 111 cm³/mol. The third kappa shape index (κ3) is 6.42. The first kappa shape index (κ1) is 19.9. The normalized spacial score (nSPS) is 16.8. The first-order valence-corrected chi connectivity index (χ1v) is 10.4. The van der Waals surface area contributed by atoms with Gasteiger partial charge in [-0.05, 0) is 50.5 Å². The smallest absolute Gasteiger partial charge is 0.191 e. The van der Waals surface area contributed by atoms with Crippen molar-refractivity contribution in [2.45, 2.75) is 44.9 Å². The van der Waals surface area contributed by atoms with Crippen molar-refractivity contribution in [3.05, 3.63) is 23.9 Å². The van der Waals surface area contributed by atoms with E-state index in [4.69, 9.17) is 0 Å². The van der Waals surface area contributed by atoms with Crippen LogP contribution in [0.15, 0.2) is 23.3 Å². The zero-order valence-corrected chi connectivity index (χ0v) is 17.1. The van der Waals surface area contributed by atoms with E-state index in [1.165, 1.54) is 18.4 Å². The van der Waals surface area contributed by atoms with E-state index in [9.17, 15) is 0 Å². The molecule has 0 aromatic carbocycles. The standard InChI is InChI=1S/C19H33N5S/c1-15-8-10-24(11-9-15)17-7-6-16(12-21-17)13-22-18(20-4)23-14-19(2,3)25-5/h6-7,12,15H,8-11,13-14H2,1-5H3,(H2,20,22,23). The van der Waals surface area contributed by atoms with Crippen molar-refractivity contribution in [3.8, 4) is 0 Å². The van der Waals surface area contributed by atoms with E-state index >= 15 is 0 Å². The van der Waals surface area contributed by atoms with Gasteiger partial charge in [-0.15, -0.1) is 0 Å². The van der Waals surface area contributed by atoms with E-state index in [1.807, 2.05) is 18.0 Å². The van der Waals surface area contributed by atoms with E-state index in [0.717, 1.165) is 43.9 Å². The third-order valence-electron chi connectivity index (χ3n) is 4.83. The molecule has 1 saturated heterocycles. The monoisotopic (exact) mass is 363 g/mol. The Balaban J connectivity index is 1.82. The fourth-order valence-electron chi connectivity index (χ4n) is 2.72. The van der Waals surface area contributed by atoms with Gasteiger partial charge in [-0.3, -0.25) is 4.99 Å². The summed E-state index contributed by atoms with van der Waals surface area (Å²) in [6.07, 6.45) is 6.63. The highest BCUT2D eigenvalue weighted by Crippen LogP contribution is 2.21. The van der Waals surface area contributed by atoms with Gasteiger partial charge in [0.25, 0.3) is 0 Å². The average Bonchev–Trinajstić information content (AvgIpc) is 2.63. The maximum Gasteiger partial charge on any atom is 0.191 e. The third-order valence-corrected chi connectivity index (χ3v) is 6.08. The van der Waals surface area contributed by atoms with Crippen LogP contribution in [-0.2, 0) is 6.54 Å². The van der Waals surface area contributed by atoms with Crippen molar-refractivity contribution in [2.24, 2.45) is 10.9 Å². The number of guanidine groups is 1. The van der Waals surface area contributed by atoms with Crippen LogP contribution in [0.3, 0.4) is 0 Å². The number of anilines is 1. The van der Waals surface area contributed by atoms with Crippen molar-refractivity contribution in [1.82, 2.24) is 15.6 Å². The molecule has 25 heavy (non-hydrogen) atoms. The molecule has 1 aliphatic rings. The van der Waals surface area contributed by atoms with Gasteiger partial charge in [0.2, 0.25) is 0 Å². The Hall–Kier alpha value is -1.43. The second kappa shape index (κ2) is 9.32. The van der Waals surface area contributed by atoms with Crippen LogP contribution < -0.4 is 15.5 Å². The van der Waals surface area contributed by atoms with Gasteiger partial charge in [0, 0.05) is 44.2 Å². The quantitative estimate of drug-likeness (QED) is 0.601. The molecule has 0 bridgehead atoms. The lowest BCUT2D eigenvalue weighted by atomic mass is 9.99. The van der Waals surface area contributed by atoms with Gasteiger partial charge in [0.05, 0.1) is 0 Å². The molecule has 2 rings (SSSR count). The van der Waals surface area contributed by atoms with E-state index in [2.05, 4.69) is 64.7 Å². The summed E-state index contributed by atoms with van der Waals surface area (Å²) < 4.78 is 0.187. The van der Waals surface area contributed by atoms with Crippen LogP contribution in [0.1, 0.15) is 39.2 Å². The fourth-order valence-corrected chi connectivity index (χ4v) is 2.94. The summed E-state index contributed by atoms with van der Waals surface area (Å²) in [4.78, 5) is 11.3. The largest absolute Gasteiger partial charge is 0.357 e. The number of pyridine rings is 1. The van der Waals surface area contributed by atoms with Gasteiger partial charge in [0.1, 0.15) is 5.82 Å². The first-order valence-electron chi connectivity index (χ1n) is 9.13. The van der Waals surface area contributed by atoms with Gasteiger partial charge in [-0.1, -0.05) is 13.0 Å². The SMILES string of the molecule is CN=C(NCc1ccc(N2CCC(C)CC2)nc1)NCC(C)(C)SC. The molecule has 5 nitrogen and oxygen atoms in total. The maximum atomic E-state index is 4.65. The lowest BCUT2D eigenvalue weighted by molar-refractivity contribution is 0.436. The number of thioether (sulfide) groups is 1. The summed E-state index contributed by atoms with van der Waals surface area (Å²) in [5.74, 6) is 2.77. The summed E-state index contributed by atoms with van der Waals surface area (Å²) in [6.45, 7) is 10.6. The zero-order valence-electron chi connectivity index (χ0n) is 16.3. The summed E-state index contributed by atoms with van der Waals surface area (Å²) in [6, 6.07) is 4.30. The number of aromatic nitrogens is 1. The lowest BCUT2D eigenvalue weighted by Crippen LogP contribution is -2.43. The van der Waals surface area contributed by atoms with Crippen molar-refractivity contribution in [2.75, 3.05) is 37.8 Å². The highest BCUT2D eigenvalue weighted by Gasteiger charge is 2.17. The highest BCUT2D eigenvalue weighted by atomic mass is 32.2. The van der Waals surface area contributed by atoms with Crippen molar-refractivity contribution in [3.63, 3.8) is 0 Å². The minimum atomic E-state index is 0.187. The molecular weight excluding hydrogens is 330 g/mol. The number of rotatable bonds is 6. The van der Waals surface area contributed by atoms with Crippen LogP contribution in [-0.4, -0.2) is 48.6 Å². The van der Waals surface area contributed by atoms with E-state index in [-0.39, 0.29) is 4.75 Å². The van der Waals surface area contributed by atoms with Gasteiger partial charge in [0.15, 0.2) is 5.96 Å². The molecule has 0 radical (unpaired) electrons. The number of hydrogen-bond acceptors (Lipinski definition) is 4. The number of piperidine rings is 1. The Kier molecular flexibility index (Phi) is 7.41. The molecule has 0 atom stereocenters. The molecule has 140 valence electrons. The molecule has 0 aliphatic carbocycles. The van der Waals surface area contributed by atoms with Crippen LogP contribution in [0.25, 0.3) is 0 Å². The highest BCUT2D eigenvalue weighted by molar-refractivity contribution is 7.99. The van der Waals surface area contributed by atoms with Crippen LogP contribution in [0, 0.1) is 5.92 Å². The van der Waals surface area contributed by atoms with Crippen LogP contribution in [0.5, 0.6) is 0 Å². The van der Waals surface area contributed by atoms with Gasteiger partial charge >= 0.3 is 0 Å². The summed E-state index contributed by atoms with van der Waals surface area (Å²) in [5, 5.41) is 6.75. The number of nitrogens with zero attached hydrogens (tertiary/aromatic N) is 3. The zero-order chi connectivity index (χ0) is 18.3. The van der Waals surface area contributed by atoms with Crippen LogP contribution in [0.4, 0.5) is 5.82 Å². The van der Waals surface area contributed by atoms with Crippen LogP contribution in [0.2, 0.25) is 0 Å². The Bertz CT molecular complexity index is 547. The van der Waals surface area contributed by atoms with Crippen molar-refractivity contribution >= 4 is 23.5 Å². The van der Waals surface area contributed by atoms with E-state index in [1.54, 1.807) is 7.05 Å². The Morgan fingerprint density at radius 3 is 2.60 bits per heavy atom. The van der Waals surface area contributed by atoms with Gasteiger partial charge in [-0.25, -0.2) is 4.98 Å². The first-order chi connectivity index (χ1) is 11.9. The molecule has 0 spiro atoms. The molecular formula is C19H33N5S. The fraction of sp³-hybridized carbons (Fsp3) is 0.684. The van der Waals surface area contributed by atoms with Gasteiger partial charge in [-0.2, -0.15) is 11.8 Å². The molecule has 6 heteroatoms. The second-order valence-corrected chi connectivity index (χ2v) is 8.95. The Morgan fingerprint density at radius 1 is 1.32 bits per heavy atom. The Morgan fingerprint density at radius 2 is 2.04 bits per heavy atom. The molecule has 0 amide bonds. The molecule has 0 saturated carbocycles. The molecule has 1 fully saturated rings. The van der Waals surface area contributed by atoms with E-state index < -0.39 is 0 Å². The summed E-state index contributed by atoms with van der Waals surface area (Å²) >= 11 is 1.85. The molecule has 1 aromatic rings. The van der Waals surface area contributed by atoms with Crippen molar-refractivity contribution in [1.29, 1.82) is 0 Å². The van der Waals surface area contributed by atoms with E-state index in [0.29, 0.717) is 0 Å². The average molecular weight is 364 g/mol. The Labute approximate surface area is 157 Å². The number of nitrogens with one attached hydrogen (secondary N) is 2. The lowest BCUT2D eigenvalue weighted by Gasteiger charge is -2.31. The molecule has 1 aromatic heterocycles. The molecule has 1 aliphatic heterocycles. The maximum absolute atomic E-state index is 4.65. The summed E-state index contributed by atoms with van der Waals surface area (Å²) in [7, 11) is 1.81. The van der Waals surface area contributed by atoms with Crippen LogP contribution >= 0.6 is 11.8 Å².